The lowest BCUT2D eigenvalue weighted by Crippen LogP contribution is -2.68. The number of hydrogen-bond acceptors (Lipinski definition) is 13. The molecule has 4 saturated carbocycles. The van der Waals surface area contributed by atoms with E-state index in [9.17, 15) is 50.4 Å². The number of aliphatic hydroxyl groups excluding tert-OH is 7. The lowest BCUT2D eigenvalue weighted by Gasteiger charge is -2.70. The van der Waals surface area contributed by atoms with E-state index in [4.69, 9.17) is 18.9 Å². The van der Waals surface area contributed by atoms with Crippen molar-refractivity contribution in [1.82, 2.24) is 0 Å². The molecule has 0 radical (unpaired) electrons. The molecular formula is C42H66O14. The maximum absolute atomic E-state index is 14.6. The summed E-state index contributed by atoms with van der Waals surface area (Å²) in [6.45, 7) is 14.0. The molecule has 318 valence electrons. The Kier molecular flexibility index (Phi) is 11.0. The molecule has 0 bridgehead atoms. The minimum atomic E-state index is -1.74. The number of carbonyl (C=O) groups is 2. The first-order valence-corrected chi connectivity index (χ1v) is 20.9. The topological polar surface area (TPSA) is 233 Å². The van der Waals surface area contributed by atoms with Crippen LogP contribution in [0.4, 0.5) is 0 Å². The van der Waals surface area contributed by atoms with Crippen molar-refractivity contribution in [3.05, 3.63) is 11.6 Å². The third-order valence-corrected chi connectivity index (χ3v) is 17.3. The molecule has 7 rings (SSSR count). The largest absolute Gasteiger partial charge is 0.481 e. The highest BCUT2D eigenvalue weighted by Crippen LogP contribution is 2.76. The zero-order chi connectivity index (χ0) is 41.1. The quantitative estimate of drug-likeness (QED) is 0.110. The second-order valence-corrected chi connectivity index (χ2v) is 20.0. The van der Waals surface area contributed by atoms with Gasteiger partial charge in [0.2, 0.25) is 6.29 Å². The highest BCUT2D eigenvalue weighted by atomic mass is 16.7. The number of ether oxygens (including phenoxy) is 4. The van der Waals surface area contributed by atoms with Crippen LogP contribution in [0.1, 0.15) is 106 Å². The summed E-state index contributed by atoms with van der Waals surface area (Å²) in [6.07, 6.45) is -6.91. The van der Waals surface area contributed by atoms with E-state index in [1.165, 1.54) is 0 Å². The van der Waals surface area contributed by atoms with Gasteiger partial charge in [-0.2, -0.15) is 0 Å². The number of aliphatic hydroxyl groups is 7. The zero-order valence-corrected chi connectivity index (χ0v) is 33.9. The summed E-state index contributed by atoms with van der Waals surface area (Å²) in [5.74, 6) is -1.73. The van der Waals surface area contributed by atoms with Crippen LogP contribution in [-0.4, -0.2) is 127 Å². The summed E-state index contributed by atoms with van der Waals surface area (Å²) in [7, 11) is 0. The van der Waals surface area contributed by atoms with Crippen molar-refractivity contribution < 1.29 is 69.4 Å². The van der Waals surface area contributed by atoms with Gasteiger partial charge in [0, 0.05) is 0 Å². The molecule has 7 aliphatic rings. The maximum atomic E-state index is 14.6. The van der Waals surface area contributed by atoms with Gasteiger partial charge in [-0.05, 0) is 111 Å². The standard InChI is InChI=1S/C42H66O14/c1-19-10-15-41(37(52)56-35-33(49)31(47)29(45)23(18-43)54-35)16-17-42(36(50)51)22(27(41)20(19)2)8-9-25-39(6)13-12-26(38(4,5)24(39)11-14-40(25,42)7)55-34-32(48)30(46)28(44)21(3)53-34/h8,19-21,23-35,43-49H,9-18H2,1-7H3,(H,50,51)/t19-,20+,21-,23-,24-,25-,26+,27-,28-,29-,30+,31+,32-,33-,34+,35+,39+,40-,41+,42-/m1/s1. The van der Waals surface area contributed by atoms with Gasteiger partial charge in [0.15, 0.2) is 6.29 Å². The minimum absolute atomic E-state index is 0.00720. The number of rotatable bonds is 6. The molecule has 6 fully saturated rings. The van der Waals surface area contributed by atoms with Crippen LogP contribution in [0.5, 0.6) is 0 Å². The van der Waals surface area contributed by atoms with Gasteiger partial charge >= 0.3 is 11.9 Å². The van der Waals surface area contributed by atoms with Crippen LogP contribution in [0.15, 0.2) is 11.6 Å². The first kappa shape index (κ1) is 42.4. The monoisotopic (exact) mass is 794 g/mol. The lowest BCUT2D eigenvalue weighted by atomic mass is 9.33. The Morgan fingerprint density at radius 2 is 1.43 bits per heavy atom. The van der Waals surface area contributed by atoms with Gasteiger partial charge in [-0.15, -0.1) is 0 Å². The second-order valence-electron chi connectivity index (χ2n) is 20.0. The first-order valence-electron chi connectivity index (χ1n) is 20.9. The van der Waals surface area contributed by atoms with Crippen molar-refractivity contribution in [2.75, 3.05) is 6.61 Å². The van der Waals surface area contributed by atoms with E-state index in [-0.39, 0.29) is 48.0 Å². The summed E-state index contributed by atoms with van der Waals surface area (Å²) in [5.41, 5.74) is -2.93. The molecule has 14 nitrogen and oxygen atoms in total. The van der Waals surface area contributed by atoms with E-state index >= 15 is 0 Å². The predicted molar refractivity (Wildman–Crippen MR) is 198 cm³/mol. The number of allylic oxidation sites excluding steroid dienone is 1. The van der Waals surface area contributed by atoms with E-state index in [0.29, 0.717) is 32.1 Å². The third kappa shape index (κ3) is 5.85. The van der Waals surface area contributed by atoms with Gasteiger partial charge in [0.1, 0.15) is 42.7 Å². The van der Waals surface area contributed by atoms with Gasteiger partial charge in [0.25, 0.3) is 0 Å². The molecule has 0 amide bonds. The second kappa shape index (κ2) is 14.5. The van der Waals surface area contributed by atoms with Crippen LogP contribution in [0.25, 0.3) is 0 Å². The zero-order valence-electron chi connectivity index (χ0n) is 33.9. The van der Waals surface area contributed by atoms with Crippen LogP contribution in [0.3, 0.4) is 0 Å². The highest BCUT2D eigenvalue weighted by Gasteiger charge is 2.74. The van der Waals surface area contributed by atoms with E-state index in [1.54, 1.807) is 6.92 Å². The number of fused-ring (bicyclic) bond motifs is 7. The van der Waals surface area contributed by atoms with Gasteiger partial charge in [-0.3, -0.25) is 9.59 Å². The Labute approximate surface area is 329 Å². The van der Waals surface area contributed by atoms with Crippen LogP contribution < -0.4 is 0 Å². The Morgan fingerprint density at radius 3 is 2.09 bits per heavy atom. The number of carboxylic acid groups (broad SMARTS) is 1. The van der Waals surface area contributed by atoms with E-state index < -0.39 is 108 Å². The number of carboxylic acids is 1. The average Bonchev–Trinajstić information content (AvgIpc) is 3.14. The van der Waals surface area contributed by atoms with Crippen LogP contribution in [0, 0.1) is 56.7 Å². The molecule has 5 aliphatic carbocycles. The fourth-order valence-corrected chi connectivity index (χ4v) is 13.9. The fraction of sp³-hybridized carbons (Fsp3) is 0.905. The number of esters is 1. The minimum Gasteiger partial charge on any atom is -0.481 e. The molecule has 0 spiro atoms. The third-order valence-electron chi connectivity index (χ3n) is 17.3. The molecular weight excluding hydrogens is 728 g/mol. The Morgan fingerprint density at radius 1 is 0.768 bits per heavy atom. The number of hydrogen-bond donors (Lipinski definition) is 8. The molecule has 20 atom stereocenters. The lowest BCUT2D eigenvalue weighted by molar-refractivity contribution is -0.324. The molecule has 0 aromatic heterocycles. The first-order chi connectivity index (χ1) is 26.1. The summed E-state index contributed by atoms with van der Waals surface area (Å²) in [5, 5.41) is 84.5. The molecule has 8 N–H and O–H groups in total. The Balaban J connectivity index is 1.21. The average molecular weight is 795 g/mol. The summed E-state index contributed by atoms with van der Waals surface area (Å²) in [4.78, 5) is 28.8. The molecule has 2 aliphatic heterocycles. The SMILES string of the molecule is C[C@H]1[C@H](C)CC[C@]2(C(=O)O[C@@H]3O[C@H](CO)[C@@H](O)[C@H](O)[C@H]3O)CC[C@]3(C(=O)O)C(=CC[C@@H]4[C@@]5(C)CC[C@H](O[C@@H]6O[C@H](C)[C@@H](O)[C@H](O)[C@H]6O)C(C)(C)[C@H]5CC[C@]43C)[C@@H]12. The molecule has 0 aromatic carbocycles. The molecule has 0 unspecified atom stereocenters. The van der Waals surface area contributed by atoms with E-state index in [0.717, 1.165) is 18.4 Å². The fourth-order valence-electron chi connectivity index (χ4n) is 13.9. The van der Waals surface area contributed by atoms with Crippen molar-refractivity contribution >= 4 is 11.9 Å². The molecule has 0 aromatic rings. The van der Waals surface area contributed by atoms with Crippen LogP contribution >= 0.6 is 0 Å². The number of carbonyl (C=O) groups excluding carboxylic acids is 1. The van der Waals surface area contributed by atoms with Crippen LogP contribution in [-0.2, 0) is 28.5 Å². The van der Waals surface area contributed by atoms with E-state index in [1.807, 2.05) is 0 Å². The van der Waals surface area contributed by atoms with E-state index in [2.05, 4.69) is 47.6 Å². The summed E-state index contributed by atoms with van der Waals surface area (Å²) >= 11 is 0. The molecule has 56 heavy (non-hydrogen) atoms. The molecule has 2 saturated heterocycles. The van der Waals surface area contributed by atoms with Gasteiger partial charge < -0.3 is 59.8 Å². The van der Waals surface area contributed by atoms with Crippen molar-refractivity contribution in [2.45, 2.75) is 174 Å². The molecule has 2 heterocycles. The summed E-state index contributed by atoms with van der Waals surface area (Å²) in [6, 6.07) is 0. The van der Waals surface area contributed by atoms with Crippen LogP contribution in [0.2, 0.25) is 0 Å². The Hall–Kier alpha value is -1.72. The predicted octanol–water partition coefficient (Wildman–Crippen LogP) is 2.26. The van der Waals surface area contributed by atoms with Crippen molar-refractivity contribution in [1.29, 1.82) is 0 Å². The number of aliphatic carboxylic acids is 1. The van der Waals surface area contributed by atoms with Crippen molar-refractivity contribution in [3.63, 3.8) is 0 Å². The highest BCUT2D eigenvalue weighted by molar-refractivity contribution is 5.85. The molecule has 14 heteroatoms. The van der Waals surface area contributed by atoms with Crippen molar-refractivity contribution in [3.8, 4) is 0 Å². The normalized spacial score (nSPS) is 54.0. The maximum Gasteiger partial charge on any atom is 0.315 e. The Bertz CT molecular complexity index is 1550. The van der Waals surface area contributed by atoms with Gasteiger partial charge in [-0.25, -0.2) is 0 Å². The van der Waals surface area contributed by atoms with Crippen molar-refractivity contribution in [2.24, 2.45) is 56.7 Å². The van der Waals surface area contributed by atoms with Gasteiger partial charge in [-0.1, -0.05) is 53.2 Å². The smallest absolute Gasteiger partial charge is 0.315 e. The summed E-state index contributed by atoms with van der Waals surface area (Å²) < 4.78 is 23.9. The van der Waals surface area contributed by atoms with Gasteiger partial charge in [0.05, 0.1) is 29.6 Å².